The molecule has 0 radical (unpaired) electrons. The first-order valence-electron chi connectivity index (χ1n) is 9.88. The van der Waals surface area contributed by atoms with Crippen LogP contribution in [0.15, 0.2) is 48.5 Å². The van der Waals surface area contributed by atoms with Gasteiger partial charge >= 0.3 is 0 Å². The van der Waals surface area contributed by atoms with Gasteiger partial charge < -0.3 is 14.8 Å². The minimum atomic E-state index is -0.233. The lowest BCUT2D eigenvalue weighted by Crippen LogP contribution is -2.45. The van der Waals surface area contributed by atoms with Gasteiger partial charge in [0.25, 0.3) is 5.91 Å². The number of hydrogen-bond acceptors (Lipinski definition) is 3. The summed E-state index contributed by atoms with van der Waals surface area (Å²) in [5, 5.41) is 3.15. The number of fused-ring (bicyclic) bond motifs is 1. The number of hydrogen-bond donors (Lipinski definition) is 1. The summed E-state index contributed by atoms with van der Waals surface area (Å²) in [5.74, 6) is 1.47. The third-order valence-corrected chi connectivity index (χ3v) is 5.52. The number of amides is 1. The molecule has 0 spiro atoms. The molecule has 4 heteroatoms. The van der Waals surface area contributed by atoms with Gasteiger partial charge in [0.15, 0.2) is 6.61 Å². The lowest BCUT2D eigenvalue weighted by molar-refractivity contribution is -0.124. The largest absolute Gasteiger partial charge is 0.487 e. The van der Waals surface area contributed by atoms with E-state index in [9.17, 15) is 4.79 Å². The van der Waals surface area contributed by atoms with E-state index in [-0.39, 0.29) is 24.2 Å². The molecule has 1 amide bonds. The summed E-state index contributed by atoms with van der Waals surface area (Å²) in [6.07, 6.45) is 3.57. The Morgan fingerprint density at radius 2 is 1.81 bits per heavy atom. The van der Waals surface area contributed by atoms with Crippen molar-refractivity contribution in [1.29, 1.82) is 0 Å². The maximum absolute atomic E-state index is 12.5. The van der Waals surface area contributed by atoms with Gasteiger partial charge in [-0.05, 0) is 43.0 Å². The fourth-order valence-electron chi connectivity index (χ4n) is 3.64. The Bertz CT molecular complexity index is 765. The molecule has 0 aromatic heterocycles. The van der Waals surface area contributed by atoms with Gasteiger partial charge in [-0.1, -0.05) is 51.1 Å². The van der Waals surface area contributed by atoms with Gasteiger partial charge in [-0.25, -0.2) is 0 Å². The summed E-state index contributed by atoms with van der Waals surface area (Å²) in [4.78, 5) is 12.5. The summed E-state index contributed by atoms with van der Waals surface area (Å²) in [5.41, 5.74) is 2.06. The molecule has 1 atom stereocenters. The van der Waals surface area contributed by atoms with Crippen LogP contribution in [0.25, 0.3) is 0 Å². The molecule has 0 saturated carbocycles. The topological polar surface area (TPSA) is 47.6 Å². The smallest absolute Gasteiger partial charge is 0.258 e. The van der Waals surface area contributed by atoms with Gasteiger partial charge in [0.2, 0.25) is 0 Å². The average molecular weight is 367 g/mol. The fraction of sp³-hybridized carbons (Fsp3) is 0.435. The lowest BCUT2D eigenvalue weighted by atomic mass is 9.83. The highest BCUT2D eigenvalue weighted by Crippen LogP contribution is 2.42. The van der Waals surface area contributed by atoms with E-state index in [0.29, 0.717) is 5.75 Å². The van der Waals surface area contributed by atoms with Crippen LogP contribution in [-0.2, 0) is 11.2 Å². The van der Waals surface area contributed by atoms with Crippen molar-refractivity contribution in [1.82, 2.24) is 5.32 Å². The number of carbonyl (C=O) groups excluding carboxylic acids is 1. The number of ether oxygens (including phenoxy) is 2. The van der Waals surface area contributed by atoms with Crippen molar-refractivity contribution in [3.8, 4) is 11.5 Å². The Hall–Kier alpha value is -2.49. The van der Waals surface area contributed by atoms with Crippen molar-refractivity contribution in [3.05, 3.63) is 59.7 Å². The van der Waals surface area contributed by atoms with Crippen molar-refractivity contribution in [2.75, 3.05) is 6.61 Å². The Kier molecular flexibility index (Phi) is 6.04. The van der Waals surface area contributed by atoms with Crippen molar-refractivity contribution in [3.63, 3.8) is 0 Å². The third kappa shape index (κ3) is 4.44. The maximum atomic E-state index is 12.5. The SMILES string of the molecule is CCc1ccc(OCC(=O)N[C@H]2CC(CC)(CC)Oc3ccccc32)cc1. The van der Waals surface area contributed by atoms with Crippen LogP contribution < -0.4 is 14.8 Å². The molecule has 0 unspecified atom stereocenters. The van der Waals surface area contributed by atoms with Crippen LogP contribution in [0.2, 0.25) is 0 Å². The zero-order chi connectivity index (χ0) is 19.3. The fourth-order valence-corrected chi connectivity index (χ4v) is 3.64. The Labute approximate surface area is 161 Å². The first-order chi connectivity index (χ1) is 13.1. The Balaban J connectivity index is 1.66. The van der Waals surface area contributed by atoms with Gasteiger partial charge in [-0.3, -0.25) is 4.79 Å². The summed E-state index contributed by atoms with van der Waals surface area (Å²) in [7, 11) is 0. The molecule has 3 rings (SSSR count). The zero-order valence-corrected chi connectivity index (χ0v) is 16.5. The highest BCUT2D eigenvalue weighted by Gasteiger charge is 2.38. The molecule has 1 aliphatic rings. The van der Waals surface area contributed by atoms with E-state index >= 15 is 0 Å². The van der Waals surface area contributed by atoms with Crippen molar-refractivity contribution in [2.45, 2.75) is 58.1 Å². The highest BCUT2D eigenvalue weighted by molar-refractivity contribution is 5.78. The van der Waals surface area contributed by atoms with Gasteiger partial charge in [0, 0.05) is 12.0 Å². The molecule has 0 saturated heterocycles. The van der Waals surface area contributed by atoms with Gasteiger partial charge in [-0.2, -0.15) is 0 Å². The quantitative estimate of drug-likeness (QED) is 0.763. The summed E-state index contributed by atoms with van der Waals surface area (Å²) in [6.45, 7) is 6.40. The van der Waals surface area contributed by atoms with E-state index < -0.39 is 0 Å². The molecule has 27 heavy (non-hydrogen) atoms. The molecule has 2 aromatic carbocycles. The molecule has 144 valence electrons. The first kappa shape index (κ1) is 19.3. The summed E-state index contributed by atoms with van der Waals surface area (Å²) < 4.78 is 12.0. The van der Waals surface area contributed by atoms with Gasteiger partial charge in [-0.15, -0.1) is 0 Å². The average Bonchev–Trinajstić information content (AvgIpc) is 2.72. The van der Waals surface area contributed by atoms with Crippen LogP contribution >= 0.6 is 0 Å². The molecule has 4 nitrogen and oxygen atoms in total. The molecule has 0 aliphatic carbocycles. The first-order valence-corrected chi connectivity index (χ1v) is 9.88. The van der Waals surface area contributed by atoms with Crippen LogP contribution in [0.3, 0.4) is 0 Å². The predicted molar refractivity (Wildman–Crippen MR) is 107 cm³/mol. The predicted octanol–water partition coefficient (Wildman–Crippen LogP) is 4.83. The summed E-state index contributed by atoms with van der Waals surface area (Å²) in [6, 6.07) is 15.8. The number of para-hydroxylation sites is 1. The highest BCUT2D eigenvalue weighted by atomic mass is 16.5. The second-order valence-corrected chi connectivity index (χ2v) is 7.14. The van der Waals surface area contributed by atoms with Crippen molar-refractivity contribution < 1.29 is 14.3 Å². The second kappa shape index (κ2) is 8.47. The molecule has 0 fully saturated rings. The van der Waals surface area contributed by atoms with Crippen LogP contribution in [0.5, 0.6) is 11.5 Å². The second-order valence-electron chi connectivity index (χ2n) is 7.14. The van der Waals surface area contributed by atoms with Crippen LogP contribution in [0.1, 0.15) is 57.2 Å². The van der Waals surface area contributed by atoms with E-state index in [2.05, 4.69) is 26.1 Å². The summed E-state index contributed by atoms with van der Waals surface area (Å²) >= 11 is 0. The molecule has 1 N–H and O–H groups in total. The molecular weight excluding hydrogens is 338 g/mol. The maximum Gasteiger partial charge on any atom is 0.258 e. The molecule has 1 aliphatic heterocycles. The lowest BCUT2D eigenvalue weighted by Gasteiger charge is -2.41. The third-order valence-electron chi connectivity index (χ3n) is 5.52. The van der Waals surface area contributed by atoms with E-state index in [1.54, 1.807) is 0 Å². The monoisotopic (exact) mass is 367 g/mol. The van der Waals surface area contributed by atoms with E-state index in [0.717, 1.165) is 37.0 Å². The number of carbonyl (C=O) groups is 1. The van der Waals surface area contributed by atoms with Crippen LogP contribution in [0.4, 0.5) is 0 Å². The van der Waals surface area contributed by atoms with E-state index in [1.165, 1.54) is 5.56 Å². The molecule has 2 aromatic rings. The Morgan fingerprint density at radius 1 is 1.11 bits per heavy atom. The Morgan fingerprint density at radius 3 is 2.48 bits per heavy atom. The van der Waals surface area contributed by atoms with Gasteiger partial charge in [0.1, 0.15) is 17.1 Å². The number of nitrogens with one attached hydrogen (secondary N) is 1. The minimum Gasteiger partial charge on any atom is -0.487 e. The van der Waals surface area contributed by atoms with Gasteiger partial charge in [0.05, 0.1) is 6.04 Å². The van der Waals surface area contributed by atoms with Crippen molar-refractivity contribution >= 4 is 5.91 Å². The number of rotatable bonds is 7. The minimum absolute atomic E-state index is 0.0102. The van der Waals surface area contributed by atoms with Crippen LogP contribution in [-0.4, -0.2) is 18.1 Å². The molecular formula is C23H29NO3. The normalized spacial score (nSPS) is 17.5. The molecule has 1 heterocycles. The standard InChI is InChI=1S/C23H29NO3/c1-4-17-11-13-18(14-12-17)26-16-22(25)24-20-15-23(5-2,6-3)27-21-10-8-7-9-19(20)21/h7-14,20H,4-6,15-16H2,1-3H3,(H,24,25)/t20-/m0/s1. The molecule has 0 bridgehead atoms. The van der Waals surface area contributed by atoms with E-state index in [1.807, 2.05) is 48.5 Å². The van der Waals surface area contributed by atoms with Crippen molar-refractivity contribution in [2.24, 2.45) is 0 Å². The number of aryl methyl sites for hydroxylation is 1. The number of benzene rings is 2. The van der Waals surface area contributed by atoms with E-state index in [4.69, 9.17) is 9.47 Å². The zero-order valence-electron chi connectivity index (χ0n) is 16.5. The van der Waals surface area contributed by atoms with Crippen LogP contribution in [0, 0.1) is 0 Å².